The molecule has 1 N–H and O–H groups in total. The Balaban J connectivity index is 3.07. The molecule has 0 unspecified atom stereocenters. The summed E-state index contributed by atoms with van der Waals surface area (Å²) in [5.41, 5.74) is 0. The summed E-state index contributed by atoms with van der Waals surface area (Å²) in [6.07, 6.45) is 28.6. The van der Waals surface area contributed by atoms with Gasteiger partial charge >= 0.3 is 5.97 Å². The Hall–Kier alpha value is -0.790. The van der Waals surface area contributed by atoms with Crippen LogP contribution in [0.1, 0.15) is 129 Å². The summed E-state index contributed by atoms with van der Waals surface area (Å²) in [5.74, 6) is -0.665. The van der Waals surface area contributed by atoms with Crippen LogP contribution in [0.3, 0.4) is 0 Å². The number of aliphatic carboxylic acids is 1. The van der Waals surface area contributed by atoms with E-state index in [4.69, 9.17) is 5.11 Å². The van der Waals surface area contributed by atoms with Crippen LogP contribution in [0.25, 0.3) is 0 Å². The Morgan fingerprint density at radius 1 is 0.600 bits per heavy atom. The SMILES string of the molecule is CCCCCCCCCCCCCCC=CCCCCCCC(=O)O. The molecule has 0 atom stereocenters. The average Bonchev–Trinajstić information content (AvgIpc) is 2.60. The van der Waals surface area contributed by atoms with Crippen molar-refractivity contribution in [2.75, 3.05) is 0 Å². The van der Waals surface area contributed by atoms with Gasteiger partial charge in [-0.15, -0.1) is 0 Å². The molecule has 0 saturated heterocycles. The minimum absolute atomic E-state index is 0.328. The van der Waals surface area contributed by atoms with Crippen molar-refractivity contribution in [1.29, 1.82) is 0 Å². The first-order valence-corrected chi connectivity index (χ1v) is 11.1. The van der Waals surface area contributed by atoms with Crippen molar-refractivity contribution in [1.82, 2.24) is 0 Å². The highest BCUT2D eigenvalue weighted by molar-refractivity contribution is 5.66. The minimum atomic E-state index is -0.665. The number of carboxylic acids is 1. The van der Waals surface area contributed by atoms with Gasteiger partial charge in [-0.3, -0.25) is 4.79 Å². The second-order valence-corrected chi connectivity index (χ2v) is 7.50. The second-order valence-electron chi connectivity index (χ2n) is 7.50. The number of allylic oxidation sites excluding steroid dienone is 2. The fourth-order valence-corrected chi connectivity index (χ4v) is 3.23. The normalized spacial score (nSPS) is 11.4. The average molecular weight is 353 g/mol. The smallest absolute Gasteiger partial charge is 0.303 e. The summed E-state index contributed by atoms with van der Waals surface area (Å²) < 4.78 is 0. The van der Waals surface area contributed by atoms with Crippen molar-refractivity contribution in [3.05, 3.63) is 12.2 Å². The van der Waals surface area contributed by atoms with Crippen molar-refractivity contribution in [3.8, 4) is 0 Å². The number of rotatable bonds is 20. The standard InChI is InChI=1S/C23H44O2/c1-2-3-4-5-6-7-8-9-10-11-12-13-14-15-16-17-18-19-20-21-22-23(24)25/h15-16H,2-14,17-22H2,1H3,(H,24,25). The maximum absolute atomic E-state index is 10.4. The largest absolute Gasteiger partial charge is 0.481 e. The van der Waals surface area contributed by atoms with Crippen LogP contribution in [0.4, 0.5) is 0 Å². The van der Waals surface area contributed by atoms with Gasteiger partial charge in [0.25, 0.3) is 0 Å². The van der Waals surface area contributed by atoms with Crippen molar-refractivity contribution < 1.29 is 9.90 Å². The molecular formula is C23H44O2. The van der Waals surface area contributed by atoms with E-state index in [1.54, 1.807) is 0 Å². The molecule has 0 amide bonds. The number of unbranched alkanes of at least 4 members (excludes halogenated alkanes) is 16. The molecule has 0 aliphatic rings. The van der Waals surface area contributed by atoms with Crippen molar-refractivity contribution >= 4 is 5.97 Å². The molecule has 2 heteroatoms. The Labute approximate surface area is 157 Å². The van der Waals surface area contributed by atoms with E-state index in [2.05, 4.69) is 19.1 Å². The Morgan fingerprint density at radius 3 is 1.36 bits per heavy atom. The molecular weight excluding hydrogens is 308 g/mol. The molecule has 0 aromatic rings. The summed E-state index contributed by atoms with van der Waals surface area (Å²) in [6.45, 7) is 2.28. The first-order chi connectivity index (χ1) is 12.3. The predicted molar refractivity (Wildman–Crippen MR) is 110 cm³/mol. The van der Waals surface area contributed by atoms with Crippen LogP contribution in [-0.4, -0.2) is 11.1 Å². The quantitative estimate of drug-likeness (QED) is 0.178. The lowest BCUT2D eigenvalue weighted by Gasteiger charge is -2.02. The fourth-order valence-electron chi connectivity index (χ4n) is 3.23. The van der Waals surface area contributed by atoms with Gasteiger partial charge in [0.2, 0.25) is 0 Å². The third-order valence-corrected chi connectivity index (χ3v) is 4.90. The number of carbonyl (C=O) groups is 1. The topological polar surface area (TPSA) is 37.3 Å². The van der Waals surface area contributed by atoms with Gasteiger partial charge in [0, 0.05) is 6.42 Å². The summed E-state index contributed by atoms with van der Waals surface area (Å²) in [5, 5.41) is 8.55. The molecule has 2 nitrogen and oxygen atoms in total. The zero-order chi connectivity index (χ0) is 18.4. The lowest BCUT2D eigenvalue weighted by atomic mass is 10.0. The summed E-state index contributed by atoms with van der Waals surface area (Å²) in [7, 11) is 0. The lowest BCUT2D eigenvalue weighted by molar-refractivity contribution is -0.137. The van der Waals surface area contributed by atoms with E-state index in [9.17, 15) is 4.79 Å². The monoisotopic (exact) mass is 352 g/mol. The number of carboxylic acid groups (broad SMARTS) is 1. The first kappa shape index (κ1) is 24.2. The fraction of sp³-hybridized carbons (Fsp3) is 0.870. The zero-order valence-corrected chi connectivity index (χ0v) is 16.9. The van der Waals surface area contributed by atoms with Crippen LogP contribution in [0.15, 0.2) is 12.2 Å². The summed E-state index contributed by atoms with van der Waals surface area (Å²) in [6, 6.07) is 0. The highest BCUT2D eigenvalue weighted by Gasteiger charge is 1.95. The van der Waals surface area contributed by atoms with Crippen LogP contribution in [0.5, 0.6) is 0 Å². The molecule has 0 aliphatic carbocycles. The third kappa shape index (κ3) is 23.2. The molecule has 0 saturated carbocycles. The van der Waals surface area contributed by atoms with Crippen molar-refractivity contribution in [2.24, 2.45) is 0 Å². The summed E-state index contributed by atoms with van der Waals surface area (Å²) >= 11 is 0. The zero-order valence-electron chi connectivity index (χ0n) is 16.9. The van der Waals surface area contributed by atoms with E-state index in [0.717, 1.165) is 25.7 Å². The molecule has 0 bridgehead atoms. The molecule has 0 fully saturated rings. The van der Waals surface area contributed by atoms with E-state index in [0.29, 0.717) is 6.42 Å². The second kappa shape index (κ2) is 21.3. The third-order valence-electron chi connectivity index (χ3n) is 4.90. The van der Waals surface area contributed by atoms with Gasteiger partial charge in [-0.05, 0) is 32.1 Å². The summed E-state index contributed by atoms with van der Waals surface area (Å²) in [4.78, 5) is 10.4. The number of hydrogen-bond donors (Lipinski definition) is 1. The molecule has 0 rings (SSSR count). The van der Waals surface area contributed by atoms with E-state index in [-0.39, 0.29) is 0 Å². The first-order valence-electron chi connectivity index (χ1n) is 11.1. The Kier molecular flexibility index (Phi) is 20.6. The predicted octanol–water partition coefficient (Wildman–Crippen LogP) is 8.06. The molecule has 0 aromatic carbocycles. The van der Waals surface area contributed by atoms with Crippen LogP contribution in [-0.2, 0) is 4.79 Å². The molecule has 0 aromatic heterocycles. The van der Waals surface area contributed by atoms with Crippen LogP contribution >= 0.6 is 0 Å². The molecule has 0 heterocycles. The highest BCUT2D eigenvalue weighted by atomic mass is 16.4. The van der Waals surface area contributed by atoms with Crippen molar-refractivity contribution in [2.45, 2.75) is 129 Å². The van der Waals surface area contributed by atoms with Gasteiger partial charge in [0.15, 0.2) is 0 Å². The maximum Gasteiger partial charge on any atom is 0.303 e. The van der Waals surface area contributed by atoms with E-state index >= 15 is 0 Å². The Morgan fingerprint density at radius 2 is 0.960 bits per heavy atom. The van der Waals surface area contributed by atoms with E-state index in [1.165, 1.54) is 89.9 Å². The van der Waals surface area contributed by atoms with Crippen molar-refractivity contribution in [3.63, 3.8) is 0 Å². The van der Waals surface area contributed by atoms with Gasteiger partial charge in [-0.1, -0.05) is 103 Å². The van der Waals surface area contributed by atoms with E-state index < -0.39 is 5.97 Å². The molecule has 148 valence electrons. The molecule has 0 spiro atoms. The van der Waals surface area contributed by atoms with Crippen LogP contribution < -0.4 is 0 Å². The highest BCUT2D eigenvalue weighted by Crippen LogP contribution is 2.13. The molecule has 25 heavy (non-hydrogen) atoms. The lowest BCUT2D eigenvalue weighted by Crippen LogP contribution is -1.93. The van der Waals surface area contributed by atoms with Gasteiger partial charge in [0.05, 0.1) is 0 Å². The van der Waals surface area contributed by atoms with Crippen LogP contribution in [0, 0.1) is 0 Å². The molecule has 0 radical (unpaired) electrons. The number of hydrogen-bond acceptors (Lipinski definition) is 1. The van der Waals surface area contributed by atoms with E-state index in [1.807, 2.05) is 0 Å². The van der Waals surface area contributed by atoms with Gasteiger partial charge in [-0.2, -0.15) is 0 Å². The van der Waals surface area contributed by atoms with Gasteiger partial charge < -0.3 is 5.11 Å². The van der Waals surface area contributed by atoms with Gasteiger partial charge in [-0.25, -0.2) is 0 Å². The Bertz CT molecular complexity index is 296. The van der Waals surface area contributed by atoms with Crippen LogP contribution in [0.2, 0.25) is 0 Å². The maximum atomic E-state index is 10.4. The minimum Gasteiger partial charge on any atom is -0.481 e. The van der Waals surface area contributed by atoms with Gasteiger partial charge in [0.1, 0.15) is 0 Å². The molecule has 0 aliphatic heterocycles.